The number of likely N-dealkylation sites (tertiary alicyclic amines) is 1. The molecule has 1 aromatic heterocycles. The largest absolute Gasteiger partial charge is 0.383 e. The zero-order chi connectivity index (χ0) is 16.7. The van der Waals surface area contributed by atoms with Gasteiger partial charge in [-0.25, -0.2) is 4.79 Å². The minimum absolute atomic E-state index is 0.0769. The van der Waals surface area contributed by atoms with Crippen LogP contribution in [0.25, 0.3) is 0 Å². The van der Waals surface area contributed by atoms with Crippen molar-refractivity contribution in [3.63, 3.8) is 0 Å². The van der Waals surface area contributed by atoms with E-state index >= 15 is 0 Å². The maximum Gasteiger partial charge on any atom is 0.315 e. The van der Waals surface area contributed by atoms with E-state index in [9.17, 15) is 4.79 Å². The number of rotatable bonds is 8. The number of thiophene rings is 1. The maximum atomic E-state index is 12.1. The van der Waals surface area contributed by atoms with Crippen molar-refractivity contribution >= 4 is 17.4 Å². The van der Waals surface area contributed by atoms with Crippen LogP contribution in [-0.4, -0.2) is 75.9 Å². The summed E-state index contributed by atoms with van der Waals surface area (Å²) in [7, 11) is 5.79. The fraction of sp³-hybridized carbons (Fsp3) is 0.688. The SMILES string of the molecule is COCCN1CC[C@@H](NC(=O)NC[C@H](c2cccs2)N(C)C)C1. The van der Waals surface area contributed by atoms with Crippen LogP contribution in [0.5, 0.6) is 0 Å². The van der Waals surface area contributed by atoms with Gasteiger partial charge in [-0.2, -0.15) is 0 Å². The molecule has 1 aliphatic rings. The van der Waals surface area contributed by atoms with Gasteiger partial charge < -0.3 is 20.3 Å². The Morgan fingerprint density at radius 1 is 1.57 bits per heavy atom. The number of nitrogens with one attached hydrogen (secondary N) is 2. The highest BCUT2D eigenvalue weighted by Gasteiger charge is 2.24. The highest BCUT2D eigenvalue weighted by molar-refractivity contribution is 7.10. The number of hydrogen-bond acceptors (Lipinski definition) is 5. The van der Waals surface area contributed by atoms with Crippen LogP contribution in [0.15, 0.2) is 17.5 Å². The second kappa shape index (κ2) is 9.22. The Labute approximate surface area is 142 Å². The molecule has 0 radical (unpaired) electrons. The van der Waals surface area contributed by atoms with Crippen LogP contribution < -0.4 is 10.6 Å². The first-order chi connectivity index (χ1) is 11.1. The summed E-state index contributed by atoms with van der Waals surface area (Å²) in [5.41, 5.74) is 0. The number of nitrogens with zero attached hydrogens (tertiary/aromatic N) is 2. The average Bonchev–Trinajstić information content (AvgIpc) is 3.17. The first kappa shape index (κ1) is 18.2. The topological polar surface area (TPSA) is 56.8 Å². The Balaban J connectivity index is 1.72. The Kier molecular flexibility index (Phi) is 7.29. The molecule has 23 heavy (non-hydrogen) atoms. The fourth-order valence-electron chi connectivity index (χ4n) is 2.82. The van der Waals surface area contributed by atoms with Crippen LogP contribution in [0, 0.1) is 0 Å². The van der Waals surface area contributed by atoms with E-state index in [-0.39, 0.29) is 18.1 Å². The average molecular weight is 340 g/mol. The molecule has 1 aromatic rings. The molecule has 0 saturated carbocycles. The number of amides is 2. The van der Waals surface area contributed by atoms with E-state index in [2.05, 4.69) is 31.9 Å². The van der Waals surface area contributed by atoms with Crippen LogP contribution in [0.4, 0.5) is 4.79 Å². The van der Waals surface area contributed by atoms with E-state index in [4.69, 9.17) is 4.74 Å². The number of likely N-dealkylation sites (N-methyl/N-ethyl adjacent to an activating group) is 1. The first-order valence-electron chi connectivity index (χ1n) is 8.05. The number of carbonyl (C=O) groups excluding carboxylic acids is 1. The van der Waals surface area contributed by atoms with Crippen molar-refractivity contribution in [2.45, 2.75) is 18.5 Å². The Morgan fingerprint density at radius 3 is 3.04 bits per heavy atom. The lowest BCUT2D eigenvalue weighted by Crippen LogP contribution is -2.45. The summed E-state index contributed by atoms with van der Waals surface area (Å²) in [6.45, 7) is 4.20. The number of urea groups is 1. The zero-order valence-electron chi connectivity index (χ0n) is 14.2. The number of hydrogen-bond donors (Lipinski definition) is 2. The molecule has 1 saturated heterocycles. The number of methoxy groups -OCH3 is 1. The van der Waals surface area contributed by atoms with Crippen LogP contribution in [0.1, 0.15) is 17.3 Å². The third-order valence-electron chi connectivity index (χ3n) is 4.17. The molecule has 1 fully saturated rings. The van der Waals surface area contributed by atoms with Gasteiger partial charge in [0.05, 0.1) is 12.6 Å². The van der Waals surface area contributed by atoms with Gasteiger partial charge in [-0.05, 0) is 32.0 Å². The van der Waals surface area contributed by atoms with Gasteiger partial charge in [0.25, 0.3) is 0 Å². The van der Waals surface area contributed by atoms with Gasteiger partial charge in [0.15, 0.2) is 0 Å². The van der Waals surface area contributed by atoms with Gasteiger partial charge in [0, 0.05) is 44.2 Å². The van der Waals surface area contributed by atoms with Gasteiger partial charge in [-0.3, -0.25) is 4.90 Å². The molecular weight excluding hydrogens is 312 g/mol. The molecule has 1 aliphatic heterocycles. The monoisotopic (exact) mass is 340 g/mol. The zero-order valence-corrected chi connectivity index (χ0v) is 15.1. The van der Waals surface area contributed by atoms with Crippen molar-refractivity contribution in [1.29, 1.82) is 0 Å². The minimum atomic E-state index is -0.0769. The van der Waals surface area contributed by atoms with Crippen molar-refractivity contribution in [3.8, 4) is 0 Å². The van der Waals surface area contributed by atoms with Gasteiger partial charge >= 0.3 is 6.03 Å². The highest BCUT2D eigenvalue weighted by Crippen LogP contribution is 2.22. The highest BCUT2D eigenvalue weighted by atomic mass is 32.1. The van der Waals surface area contributed by atoms with Gasteiger partial charge in [0.2, 0.25) is 0 Å². The predicted octanol–water partition coefficient (Wildman–Crippen LogP) is 1.37. The van der Waals surface area contributed by atoms with E-state index in [1.165, 1.54) is 4.88 Å². The molecule has 2 atom stereocenters. The summed E-state index contributed by atoms with van der Waals surface area (Å²) in [4.78, 5) is 17.9. The third kappa shape index (κ3) is 5.76. The van der Waals surface area contributed by atoms with E-state index < -0.39 is 0 Å². The lowest BCUT2D eigenvalue weighted by atomic mass is 10.2. The van der Waals surface area contributed by atoms with Crippen LogP contribution in [0.3, 0.4) is 0 Å². The molecule has 0 aromatic carbocycles. The standard InChI is InChI=1S/C16H28N4O2S/c1-19(2)14(15-5-4-10-23-15)11-17-16(21)18-13-6-7-20(12-13)8-9-22-3/h4-5,10,13-14H,6-9,11-12H2,1-3H3,(H2,17,18,21)/t13-,14-/m1/s1. The molecule has 2 amide bonds. The molecule has 0 unspecified atom stereocenters. The quantitative estimate of drug-likeness (QED) is 0.750. The molecule has 6 nitrogen and oxygen atoms in total. The summed E-state index contributed by atoms with van der Waals surface area (Å²) in [6.07, 6.45) is 0.999. The van der Waals surface area contributed by atoms with Gasteiger partial charge in [0.1, 0.15) is 0 Å². The Morgan fingerprint density at radius 2 is 2.39 bits per heavy atom. The molecule has 0 bridgehead atoms. The Bertz CT molecular complexity index is 467. The third-order valence-corrected chi connectivity index (χ3v) is 5.14. The molecule has 2 N–H and O–H groups in total. The second-order valence-corrected chi connectivity index (χ2v) is 7.11. The van der Waals surface area contributed by atoms with Crippen LogP contribution >= 0.6 is 11.3 Å². The summed E-state index contributed by atoms with van der Waals surface area (Å²) >= 11 is 1.72. The molecule has 0 spiro atoms. The molecular formula is C16H28N4O2S. The molecule has 0 aliphatic carbocycles. The van der Waals surface area contributed by atoms with E-state index in [0.717, 1.165) is 32.7 Å². The van der Waals surface area contributed by atoms with Crippen molar-refractivity contribution < 1.29 is 9.53 Å². The molecule has 130 valence electrons. The van der Waals surface area contributed by atoms with Gasteiger partial charge in [-0.15, -0.1) is 11.3 Å². The van der Waals surface area contributed by atoms with Crippen LogP contribution in [0.2, 0.25) is 0 Å². The summed E-state index contributed by atoms with van der Waals surface area (Å²) < 4.78 is 5.10. The molecule has 7 heteroatoms. The van der Waals surface area contributed by atoms with Crippen molar-refractivity contribution in [2.24, 2.45) is 0 Å². The number of carbonyl (C=O) groups is 1. The van der Waals surface area contributed by atoms with Crippen molar-refractivity contribution in [2.75, 3.05) is 54.0 Å². The van der Waals surface area contributed by atoms with Crippen LogP contribution in [-0.2, 0) is 4.74 Å². The van der Waals surface area contributed by atoms with E-state index in [0.29, 0.717) is 6.54 Å². The lowest BCUT2D eigenvalue weighted by Gasteiger charge is -2.24. The smallest absolute Gasteiger partial charge is 0.315 e. The summed E-state index contributed by atoms with van der Waals surface area (Å²) in [5.74, 6) is 0. The normalized spacial score (nSPS) is 19.9. The lowest BCUT2D eigenvalue weighted by molar-refractivity contribution is 0.159. The number of ether oxygens (including phenoxy) is 1. The van der Waals surface area contributed by atoms with E-state index in [1.807, 2.05) is 20.2 Å². The first-order valence-corrected chi connectivity index (χ1v) is 8.93. The predicted molar refractivity (Wildman–Crippen MR) is 94.0 cm³/mol. The second-order valence-electron chi connectivity index (χ2n) is 6.13. The molecule has 2 heterocycles. The Hall–Kier alpha value is -1.15. The van der Waals surface area contributed by atoms with Crippen molar-refractivity contribution in [1.82, 2.24) is 20.4 Å². The van der Waals surface area contributed by atoms with Gasteiger partial charge in [-0.1, -0.05) is 6.07 Å². The minimum Gasteiger partial charge on any atom is -0.383 e. The fourth-order valence-corrected chi connectivity index (χ4v) is 3.74. The summed E-state index contributed by atoms with van der Waals surface area (Å²) in [5, 5.41) is 8.15. The van der Waals surface area contributed by atoms with Crippen molar-refractivity contribution in [3.05, 3.63) is 22.4 Å². The maximum absolute atomic E-state index is 12.1. The van der Waals surface area contributed by atoms with E-state index in [1.54, 1.807) is 18.4 Å². The summed E-state index contributed by atoms with van der Waals surface area (Å²) in [6, 6.07) is 4.52. The molecule has 2 rings (SSSR count).